The molecular formula is C20H21N3O2. The van der Waals surface area contributed by atoms with E-state index in [4.69, 9.17) is 0 Å². The predicted molar refractivity (Wildman–Crippen MR) is 99.8 cm³/mol. The summed E-state index contributed by atoms with van der Waals surface area (Å²) in [4.78, 5) is 24.7. The van der Waals surface area contributed by atoms with Crippen molar-refractivity contribution in [2.24, 2.45) is 0 Å². The van der Waals surface area contributed by atoms with Crippen LogP contribution in [0, 0.1) is 0 Å². The molecule has 0 saturated carbocycles. The summed E-state index contributed by atoms with van der Waals surface area (Å²) in [5.41, 5.74) is 2.99. The molecule has 5 nitrogen and oxygen atoms in total. The highest BCUT2D eigenvalue weighted by Gasteiger charge is 2.18. The molecule has 128 valence electrons. The number of amides is 2. The van der Waals surface area contributed by atoms with Crippen LogP contribution >= 0.6 is 0 Å². The van der Waals surface area contributed by atoms with Gasteiger partial charge in [-0.15, -0.1) is 0 Å². The van der Waals surface area contributed by atoms with Crippen molar-refractivity contribution in [2.45, 2.75) is 19.4 Å². The summed E-state index contributed by atoms with van der Waals surface area (Å²) in [6.45, 7) is 2.74. The fraction of sp³-hybridized carbons (Fsp3) is 0.200. The maximum Gasteiger partial charge on any atom is 0.255 e. The third-order valence-corrected chi connectivity index (χ3v) is 4.11. The lowest BCUT2D eigenvalue weighted by Gasteiger charge is -2.12. The van der Waals surface area contributed by atoms with E-state index < -0.39 is 0 Å². The number of rotatable bonds is 5. The maximum atomic E-state index is 12.5. The predicted octanol–water partition coefficient (Wildman–Crippen LogP) is 2.97. The minimum atomic E-state index is -0.325. The smallest absolute Gasteiger partial charge is 0.255 e. The fourth-order valence-electron chi connectivity index (χ4n) is 2.75. The number of hydrogen-bond donors (Lipinski definition) is 3. The number of nitrogens with one attached hydrogen (secondary N) is 3. The average molecular weight is 335 g/mol. The topological polar surface area (TPSA) is 70.2 Å². The van der Waals surface area contributed by atoms with Gasteiger partial charge in [-0.05, 0) is 36.2 Å². The van der Waals surface area contributed by atoms with Crippen molar-refractivity contribution < 1.29 is 9.59 Å². The normalized spacial score (nSPS) is 15.8. The Morgan fingerprint density at radius 2 is 1.96 bits per heavy atom. The molecule has 5 heteroatoms. The van der Waals surface area contributed by atoms with Gasteiger partial charge in [-0.25, -0.2) is 0 Å². The van der Waals surface area contributed by atoms with Crippen LogP contribution in [0.1, 0.15) is 22.8 Å². The van der Waals surface area contributed by atoms with Crippen molar-refractivity contribution in [1.29, 1.82) is 0 Å². The van der Waals surface area contributed by atoms with Crippen LogP contribution in [-0.2, 0) is 11.2 Å². The van der Waals surface area contributed by atoms with Crippen LogP contribution in [-0.4, -0.2) is 24.4 Å². The third kappa shape index (κ3) is 4.14. The molecule has 1 aliphatic rings. The van der Waals surface area contributed by atoms with Crippen LogP contribution in [0.5, 0.6) is 0 Å². The highest BCUT2D eigenvalue weighted by molar-refractivity contribution is 6.06. The van der Waals surface area contributed by atoms with Gasteiger partial charge < -0.3 is 10.6 Å². The maximum absolute atomic E-state index is 12.5. The standard InChI is InChI=1S/C20H21N3O2/c1-2-14-7-3-4-10-17(14)23-19(24)15-8-5-9-16(13-15)22-20(25)18-11-6-12-21-18/h3-11,13,18,21H,2,12H2,1H3,(H,22,25)(H,23,24)/t18-/m1/s1. The van der Waals surface area contributed by atoms with E-state index in [9.17, 15) is 9.59 Å². The highest BCUT2D eigenvalue weighted by atomic mass is 16.2. The van der Waals surface area contributed by atoms with E-state index in [0.717, 1.165) is 17.7 Å². The average Bonchev–Trinajstić information content (AvgIpc) is 3.17. The molecule has 3 N–H and O–H groups in total. The SMILES string of the molecule is CCc1ccccc1NC(=O)c1cccc(NC(=O)[C@H]2C=CCN2)c1. The van der Waals surface area contributed by atoms with E-state index in [1.54, 1.807) is 24.3 Å². The molecule has 0 radical (unpaired) electrons. The Morgan fingerprint density at radius 3 is 2.72 bits per heavy atom. The Morgan fingerprint density at radius 1 is 1.12 bits per heavy atom. The number of benzene rings is 2. The highest BCUT2D eigenvalue weighted by Crippen LogP contribution is 2.18. The molecule has 0 aliphatic carbocycles. The first kappa shape index (κ1) is 16.9. The molecule has 0 aromatic heterocycles. The molecule has 3 rings (SSSR count). The second kappa shape index (κ2) is 7.77. The van der Waals surface area contributed by atoms with Gasteiger partial charge in [0, 0.05) is 23.5 Å². The lowest BCUT2D eigenvalue weighted by molar-refractivity contribution is -0.116. The molecule has 2 amide bonds. The van der Waals surface area contributed by atoms with E-state index in [1.165, 1.54) is 0 Å². The zero-order valence-electron chi connectivity index (χ0n) is 14.1. The number of hydrogen-bond acceptors (Lipinski definition) is 3. The molecule has 1 heterocycles. The van der Waals surface area contributed by atoms with Gasteiger partial charge in [-0.1, -0.05) is 43.3 Å². The van der Waals surface area contributed by atoms with Crippen LogP contribution < -0.4 is 16.0 Å². The van der Waals surface area contributed by atoms with Crippen LogP contribution in [0.3, 0.4) is 0 Å². The zero-order chi connectivity index (χ0) is 17.6. The number of carbonyl (C=O) groups is 2. The quantitative estimate of drug-likeness (QED) is 0.736. The second-order valence-corrected chi connectivity index (χ2v) is 5.85. The van der Waals surface area contributed by atoms with E-state index in [1.807, 2.05) is 43.3 Å². The Kier molecular flexibility index (Phi) is 5.26. The second-order valence-electron chi connectivity index (χ2n) is 5.85. The molecule has 0 unspecified atom stereocenters. The van der Waals surface area contributed by atoms with Crippen molar-refractivity contribution in [3.63, 3.8) is 0 Å². The zero-order valence-corrected chi connectivity index (χ0v) is 14.1. The minimum Gasteiger partial charge on any atom is -0.324 e. The largest absolute Gasteiger partial charge is 0.324 e. The first-order valence-electron chi connectivity index (χ1n) is 8.37. The minimum absolute atomic E-state index is 0.136. The fourth-order valence-corrected chi connectivity index (χ4v) is 2.75. The summed E-state index contributed by atoms with van der Waals surface area (Å²) in [5.74, 6) is -0.335. The summed E-state index contributed by atoms with van der Waals surface area (Å²) in [7, 11) is 0. The lowest BCUT2D eigenvalue weighted by Crippen LogP contribution is -2.35. The Labute approximate surface area is 147 Å². The monoisotopic (exact) mass is 335 g/mol. The van der Waals surface area contributed by atoms with Crippen molar-refractivity contribution >= 4 is 23.2 Å². The Bertz CT molecular complexity index is 814. The number of para-hydroxylation sites is 1. The third-order valence-electron chi connectivity index (χ3n) is 4.11. The number of aryl methyl sites for hydroxylation is 1. The van der Waals surface area contributed by atoms with Crippen LogP contribution in [0.25, 0.3) is 0 Å². The van der Waals surface area contributed by atoms with E-state index in [-0.39, 0.29) is 17.9 Å². The first-order chi connectivity index (χ1) is 12.2. The van der Waals surface area contributed by atoms with Gasteiger partial charge in [0.25, 0.3) is 5.91 Å². The summed E-state index contributed by atoms with van der Waals surface area (Å²) < 4.78 is 0. The molecule has 2 aromatic rings. The van der Waals surface area contributed by atoms with Gasteiger partial charge in [0.15, 0.2) is 0 Å². The van der Waals surface area contributed by atoms with Gasteiger partial charge in [-0.2, -0.15) is 0 Å². The van der Waals surface area contributed by atoms with Gasteiger partial charge in [0.2, 0.25) is 5.91 Å². The van der Waals surface area contributed by atoms with E-state index >= 15 is 0 Å². The molecule has 25 heavy (non-hydrogen) atoms. The summed E-state index contributed by atoms with van der Waals surface area (Å²) in [6, 6.07) is 14.3. The molecule has 1 aliphatic heterocycles. The van der Waals surface area contributed by atoms with Gasteiger partial charge >= 0.3 is 0 Å². The van der Waals surface area contributed by atoms with Gasteiger partial charge in [0.05, 0.1) is 0 Å². The Hall–Kier alpha value is -2.92. The molecule has 2 aromatic carbocycles. The van der Waals surface area contributed by atoms with Crippen LogP contribution in [0.2, 0.25) is 0 Å². The molecule has 0 saturated heterocycles. The van der Waals surface area contributed by atoms with Gasteiger partial charge in [0.1, 0.15) is 6.04 Å². The Balaban J connectivity index is 1.71. The van der Waals surface area contributed by atoms with Crippen LogP contribution in [0.4, 0.5) is 11.4 Å². The number of anilines is 2. The van der Waals surface area contributed by atoms with Crippen LogP contribution in [0.15, 0.2) is 60.7 Å². The van der Waals surface area contributed by atoms with Crippen molar-refractivity contribution in [3.8, 4) is 0 Å². The van der Waals surface area contributed by atoms with E-state index in [2.05, 4.69) is 16.0 Å². The van der Waals surface area contributed by atoms with Gasteiger partial charge in [-0.3, -0.25) is 14.9 Å². The summed E-state index contributed by atoms with van der Waals surface area (Å²) in [6.07, 6.45) is 4.58. The van der Waals surface area contributed by atoms with Crippen molar-refractivity contribution in [1.82, 2.24) is 5.32 Å². The summed E-state index contributed by atoms with van der Waals surface area (Å²) >= 11 is 0. The number of carbonyl (C=O) groups excluding carboxylic acids is 2. The molecule has 1 atom stereocenters. The molecule has 0 spiro atoms. The van der Waals surface area contributed by atoms with Crippen molar-refractivity contribution in [3.05, 3.63) is 71.8 Å². The molecule has 0 bridgehead atoms. The lowest BCUT2D eigenvalue weighted by atomic mass is 10.1. The molecule has 0 fully saturated rings. The van der Waals surface area contributed by atoms with E-state index in [0.29, 0.717) is 17.8 Å². The summed E-state index contributed by atoms with van der Waals surface area (Å²) in [5, 5.41) is 8.83. The first-order valence-corrected chi connectivity index (χ1v) is 8.37. The molecular weight excluding hydrogens is 314 g/mol. The van der Waals surface area contributed by atoms with Crippen molar-refractivity contribution in [2.75, 3.05) is 17.2 Å².